The molecule has 0 saturated heterocycles. The van der Waals surface area contributed by atoms with Gasteiger partial charge in [0.1, 0.15) is 6.04 Å². The molecule has 2 aromatic rings. The smallest absolute Gasteiger partial charge is 0.325 e. The number of rotatable bonds is 4. The van der Waals surface area contributed by atoms with Crippen LogP contribution >= 0.6 is 0 Å². The molecule has 24 heavy (non-hydrogen) atoms. The standard InChI is InChI=1S/C15H16F2N4O3/c1-20(2)15-18-11(24-19-15)7-21-6-5-8-9(13(21)14(22)23)3-4-10(16)12(8)17/h3-4,13H,5-7H2,1-2H3,(H,22,23). The second-order valence-electron chi connectivity index (χ2n) is 5.77. The van der Waals surface area contributed by atoms with Gasteiger partial charge in [-0.25, -0.2) is 8.78 Å². The Hall–Kier alpha value is -2.55. The summed E-state index contributed by atoms with van der Waals surface area (Å²) in [7, 11) is 3.51. The fourth-order valence-corrected chi connectivity index (χ4v) is 2.82. The van der Waals surface area contributed by atoms with Gasteiger partial charge < -0.3 is 14.5 Å². The molecule has 0 fully saturated rings. The zero-order valence-electron chi connectivity index (χ0n) is 13.2. The molecule has 1 N–H and O–H groups in total. The minimum atomic E-state index is -1.14. The minimum absolute atomic E-state index is 0.107. The monoisotopic (exact) mass is 338 g/mol. The van der Waals surface area contributed by atoms with E-state index >= 15 is 0 Å². The van der Waals surface area contributed by atoms with Crippen molar-refractivity contribution in [3.63, 3.8) is 0 Å². The van der Waals surface area contributed by atoms with Crippen molar-refractivity contribution in [1.29, 1.82) is 0 Å². The van der Waals surface area contributed by atoms with Gasteiger partial charge in [-0.05, 0) is 28.8 Å². The van der Waals surface area contributed by atoms with Crippen LogP contribution in [-0.2, 0) is 17.8 Å². The summed E-state index contributed by atoms with van der Waals surface area (Å²) in [6, 6.07) is 1.17. The summed E-state index contributed by atoms with van der Waals surface area (Å²) in [6.45, 7) is 0.347. The first-order chi connectivity index (χ1) is 11.4. The van der Waals surface area contributed by atoms with E-state index in [2.05, 4.69) is 10.1 Å². The molecule has 1 unspecified atom stereocenters. The summed E-state index contributed by atoms with van der Waals surface area (Å²) in [5.74, 6) is -2.46. The molecule has 1 atom stereocenters. The van der Waals surface area contributed by atoms with Gasteiger partial charge in [-0.15, -0.1) is 0 Å². The van der Waals surface area contributed by atoms with Crippen LogP contribution in [0.4, 0.5) is 14.7 Å². The van der Waals surface area contributed by atoms with Gasteiger partial charge in [0.25, 0.3) is 5.95 Å². The lowest BCUT2D eigenvalue weighted by molar-refractivity contribution is -0.144. The van der Waals surface area contributed by atoms with Crippen LogP contribution in [0, 0.1) is 11.6 Å². The summed E-state index contributed by atoms with van der Waals surface area (Å²) in [5, 5.41) is 13.3. The molecule has 128 valence electrons. The van der Waals surface area contributed by atoms with E-state index in [0.29, 0.717) is 5.95 Å². The van der Waals surface area contributed by atoms with Crippen molar-refractivity contribution in [2.75, 3.05) is 25.5 Å². The minimum Gasteiger partial charge on any atom is -0.480 e. The molecule has 0 bridgehead atoms. The van der Waals surface area contributed by atoms with Crippen LogP contribution < -0.4 is 4.90 Å². The number of halogens is 2. The molecule has 9 heteroatoms. The predicted molar refractivity (Wildman–Crippen MR) is 79.5 cm³/mol. The Morgan fingerprint density at radius 3 is 2.83 bits per heavy atom. The zero-order chi connectivity index (χ0) is 17.4. The molecular formula is C15H16F2N4O3. The first kappa shape index (κ1) is 16.3. The highest BCUT2D eigenvalue weighted by Crippen LogP contribution is 2.33. The van der Waals surface area contributed by atoms with E-state index in [9.17, 15) is 18.7 Å². The van der Waals surface area contributed by atoms with Crippen LogP contribution in [0.2, 0.25) is 0 Å². The SMILES string of the molecule is CN(C)c1noc(CN2CCc3c(ccc(F)c3F)C2C(=O)O)n1. The number of anilines is 1. The van der Waals surface area contributed by atoms with Gasteiger partial charge in [0, 0.05) is 20.6 Å². The first-order valence-electron chi connectivity index (χ1n) is 7.32. The number of aromatic nitrogens is 2. The van der Waals surface area contributed by atoms with Crippen LogP contribution in [0.25, 0.3) is 0 Å². The summed E-state index contributed by atoms with van der Waals surface area (Å²) in [5.41, 5.74) is 0.359. The van der Waals surface area contributed by atoms with E-state index in [1.54, 1.807) is 23.9 Å². The van der Waals surface area contributed by atoms with Gasteiger partial charge in [0.2, 0.25) is 5.89 Å². The van der Waals surface area contributed by atoms with Gasteiger partial charge in [-0.3, -0.25) is 9.69 Å². The number of carboxylic acids is 1. The van der Waals surface area contributed by atoms with E-state index in [0.717, 1.165) is 6.07 Å². The van der Waals surface area contributed by atoms with Crippen molar-refractivity contribution in [2.45, 2.75) is 19.0 Å². The molecule has 1 aromatic carbocycles. The quantitative estimate of drug-likeness (QED) is 0.906. The number of hydrogen-bond donors (Lipinski definition) is 1. The molecule has 1 aliphatic heterocycles. The lowest BCUT2D eigenvalue weighted by Crippen LogP contribution is -2.39. The highest BCUT2D eigenvalue weighted by atomic mass is 19.2. The van der Waals surface area contributed by atoms with Crippen LogP contribution in [-0.4, -0.2) is 46.8 Å². The zero-order valence-corrected chi connectivity index (χ0v) is 13.2. The fraction of sp³-hybridized carbons (Fsp3) is 0.400. The average Bonchev–Trinajstić information content (AvgIpc) is 2.99. The molecule has 0 amide bonds. The number of aliphatic carboxylic acids is 1. The van der Waals surface area contributed by atoms with Crippen molar-refractivity contribution in [2.24, 2.45) is 0 Å². The summed E-state index contributed by atoms with van der Waals surface area (Å²) >= 11 is 0. The summed E-state index contributed by atoms with van der Waals surface area (Å²) in [4.78, 5) is 19.1. The molecule has 0 spiro atoms. The molecular weight excluding hydrogens is 322 g/mol. The molecule has 0 saturated carbocycles. The number of nitrogens with zero attached hydrogens (tertiary/aromatic N) is 4. The fourth-order valence-electron chi connectivity index (χ4n) is 2.82. The van der Waals surface area contributed by atoms with Crippen LogP contribution in [0.3, 0.4) is 0 Å². The second kappa shape index (κ2) is 6.16. The van der Waals surface area contributed by atoms with Gasteiger partial charge in [-0.2, -0.15) is 4.98 Å². The average molecular weight is 338 g/mol. The van der Waals surface area contributed by atoms with Crippen molar-refractivity contribution < 1.29 is 23.2 Å². The summed E-state index contributed by atoms with van der Waals surface area (Å²) < 4.78 is 32.4. The van der Waals surface area contributed by atoms with E-state index in [4.69, 9.17) is 4.52 Å². The van der Waals surface area contributed by atoms with Gasteiger partial charge >= 0.3 is 5.97 Å². The van der Waals surface area contributed by atoms with Crippen LogP contribution in [0.5, 0.6) is 0 Å². The normalized spacial score (nSPS) is 17.6. The van der Waals surface area contributed by atoms with Crippen molar-refractivity contribution in [3.05, 3.63) is 40.8 Å². The van der Waals surface area contributed by atoms with E-state index in [1.165, 1.54) is 6.07 Å². The Kier molecular flexibility index (Phi) is 4.18. The highest BCUT2D eigenvalue weighted by molar-refractivity contribution is 5.76. The lowest BCUT2D eigenvalue weighted by Gasteiger charge is -2.33. The Morgan fingerprint density at radius 2 is 2.21 bits per heavy atom. The van der Waals surface area contributed by atoms with Crippen molar-refractivity contribution in [3.8, 4) is 0 Å². The van der Waals surface area contributed by atoms with Crippen LogP contribution in [0.15, 0.2) is 16.7 Å². The third-order valence-electron chi connectivity index (χ3n) is 3.97. The maximum absolute atomic E-state index is 13.9. The number of carbonyl (C=O) groups is 1. The largest absolute Gasteiger partial charge is 0.480 e. The number of benzene rings is 1. The highest BCUT2D eigenvalue weighted by Gasteiger charge is 2.36. The number of fused-ring (bicyclic) bond motifs is 1. The molecule has 3 rings (SSSR count). The molecule has 1 aliphatic rings. The summed E-state index contributed by atoms with van der Waals surface area (Å²) in [6.07, 6.45) is 0.206. The molecule has 2 heterocycles. The van der Waals surface area contributed by atoms with E-state index in [1.807, 2.05) is 0 Å². The predicted octanol–water partition coefficient (Wildman–Crippen LogP) is 1.60. The topological polar surface area (TPSA) is 82.7 Å². The molecule has 7 nitrogen and oxygen atoms in total. The van der Waals surface area contributed by atoms with Crippen LogP contribution in [0.1, 0.15) is 23.1 Å². The number of carboxylic acid groups (broad SMARTS) is 1. The molecule has 0 aliphatic carbocycles. The van der Waals surface area contributed by atoms with E-state index in [-0.39, 0.29) is 36.5 Å². The maximum Gasteiger partial charge on any atom is 0.325 e. The van der Waals surface area contributed by atoms with Gasteiger partial charge in [0.15, 0.2) is 11.6 Å². The lowest BCUT2D eigenvalue weighted by atomic mass is 9.92. The van der Waals surface area contributed by atoms with Gasteiger partial charge in [-0.1, -0.05) is 6.07 Å². The van der Waals surface area contributed by atoms with Crippen molar-refractivity contribution >= 4 is 11.9 Å². The Balaban J connectivity index is 1.91. The Bertz CT molecular complexity index is 778. The molecule has 0 radical (unpaired) electrons. The second-order valence-corrected chi connectivity index (χ2v) is 5.77. The molecule has 1 aromatic heterocycles. The maximum atomic E-state index is 13.9. The Morgan fingerprint density at radius 1 is 1.46 bits per heavy atom. The third kappa shape index (κ3) is 2.82. The first-order valence-corrected chi connectivity index (χ1v) is 7.32. The van der Waals surface area contributed by atoms with Crippen molar-refractivity contribution in [1.82, 2.24) is 15.0 Å². The van der Waals surface area contributed by atoms with Gasteiger partial charge in [0.05, 0.1) is 6.54 Å². The number of hydrogen-bond acceptors (Lipinski definition) is 6. The van der Waals surface area contributed by atoms with E-state index < -0.39 is 23.6 Å². The Labute approximate surface area is 136 Å². The third-order valence-corrected chi connectivity index (χ3v) is 3.97.